The van der Waals surface area contributed by atoms with Gasteiger partial charge in [0.2, 0.25) is 11.8 Å². The molecule has 1 fully saturated rings. The van der Waals surface area contributed by atoms with Gasteiger partial charge in [0.15, 0.2) is 0 Å². The van der Waals surface area contributed by atoms with Crippen LogP contribution in [0, 0.1) is 12.8 Å². The molecule has 1 saturated heterocycles. The molecule has 1 aliphatic rings. The van der Waals surface area contributed by atoms with E-state index < -0.39 is 5.92 Å². The van der Waals surface area contributed by atoms with Crippen molar-refractivity contribution < 1.29 is 9.59 Å². The van der Waals surface area contributed by atoms with Crippen molar-refractivity contribution >= 4 is 29.1 Å². The van der Waals surface area contributed by atoms with E-state index in [1.54, 1.807) is 42.3 Å². The van der Waals surface area contributed by atoms with Crippen molar-refractivity contribution in [3.05, 3.63) is 53.1 Å². The van der Waals surface area contributed by atoms with Crippen LogP contribution in [0.2, 0.25) is 5.02 Å². The van der Waals surface area contributed by atoms with Crippen LogP contribution in [-0.2, 0) is 16.1 Å². The number of para-hydroxylation sites is 1. The van der Waals surface area contributed by atoms with Crippen molar-refractivity contribution in [2.45, 2.75) is 19.9 Å². The highest BCUT2D eigenvalue weighted by Crippen LogP contribution is 2.30. The van der Waals surface area contributed by atoms with Gasteiger partial charge in [0.05, 0.1) is 28.9 Å². The molecule has 2 amide bonds. The molecule has 0 saturated carbocycles. The summed E-state index contributed by atoms with van der Waals surface area (Å²) >= 11 is 6.14. The van der Waals surface area contributed by atoms with Gasteiger partial charge in [0.1, 0.15) is 5.82 Å². The molecule has 0 spiro atoms. The quantitative estimate of drug-likeness (QED) is 0.921. The van der Waals surface area contributed by atoms with E-state index in [2.05, 4.69) is 15.3 Å². The number of aromatic nitrogens is 2. The normalized spacial score (nSPS) is 17.2. The second kappa shape index (κ2) is 6.97. The topological polar surface area (TPSA) is 75.2 Å². The van der Waals surface area contributed by atoms with Crippen LogP contribution in [0.3, 0.4) is 0 Å². The molecular formula is C17H17ClN4O2. The molecule has 1 aliphatic heterocycles. The average Bonchev–Trinajstić information content (AvgIpc) is 2.95. The maximum Gasteiger partial charge on any atom is 0.227 e. The van der Waals surface area contributed by atoms with Crippen molar-refractivity contribution in [3.8, 4) is 0 Å². The number of hydrogen-bond donors (Lipinski definition) is 1. The minimum absolute atomic E-state index is 0.0962. The molecule has 1 aromatic heterocycles. The molecule has 3 rings (SSSR count). The molecule has 7 heteroatoms. The Balaban J connectivity index is 1.63. The van der Waals surface area contributed by atoms with E-state index in [4.69, 9.17) is 11.6 Å². The molecule has 1 unspecified atom stereocenters. The third kappa shape index (κ3) is 3.54. The number of hydrogen-bond acceptors (Lipinski definition) is 4. The van der Waals surface area contributed by atoms with Crippen LogP contribution in [0.1, 0.15) is 17.9 Å². The van der Waals surface area contributed by atoms with E-state index in [1.165, 1.54) is 0 Å². The summed E-state index contributed by atoms with van der Waals surface area (Å²) < 4.78 is 0. The fourth-order valence-electron chi connectivity index (χ4n) is 2.71. The highest BCUT2D eigenvalue weighted by molar-refractivity contribution is 6.33. The predicted octanol–water partition coefficient (Wildman–Crippen LogP) is 2.11. The minimum atomic E-state index is -0.392. The Morgan fingerprint density at radius 2 is 2.17 bits per heavy atom. The van der Waals surface area contributed by atoms with Gasteiger partial charge in [0, 0.05) is 19.2 Å². The Labute approximate surface area is 144 Å². The molecular weight excluding hydrogens is 328 g/mol. The molecule has 6 nitrogen and oxygen atoms in total. The van der Waals surface area contributed by atoms with E-state index >= 15 is 0 Å². The van der Waals surface area contributed by atoms with E-state index in [-0.39, 0.29) is 18.2 Å². The smallest absolute Gasteiger partial charge is 0.227 e. The van der Waals surface area contributed by atoms with E-state index in [0.29, 0.717) is 29.6 Å². The fraction of sp³-hybridized carbons (Fsp3) is 0.294. The number of amides is 2. The molecule has 1 aromatic carbocycles. The van der Waals surface area contributed by atoms with Crippen LogP contribution in [0.25, 0.3) is 0 Å². The number of carbonyl (C=O) groups is 2. The van der Waals surface area contributed by atoms with Crippen LogP contribution < -0.4 is 10.2 Å². The lowest BCUT2D eigenvalue weighted by molar-refractivity contribution is -0.126. The zero-order valence-electron chi connectivity index (χ0n) is 13.2. The van der Waals surface area contributed by atoms with E-state index in [0.717, 1.165) is 5.69 Å². The predicted molar refractivity (Wildman–Crippen MR) is 90.5 cm³/mol. The van der Waals surface area contributed by atoms with Gasteiger partial charge in [-0.1, -0.05) is 23.7 Å². The number of anilines is 1. The number of rotatable bonds is 4. The summed E-state index contributed by atoms with van der Waals surface area (Å²) in [6, 6.07) is 8.89. The van der Waals surface area contributed by atoms with E-state index in [1.807, 2.05) is 6.07 Å². The lowest BCUT2D eigenvalue weighted by Gasteiger charge is -2.18. The van der Waals surface area contributed by atoms with Crippen molar-refractivity contribution in [3.63, 3.8) is 0 Å². The molecule has 0 bridgehead atoms. The Hall–Kier alpha value is -2.47. The third-order valence-corrected chi connectivity index (χ3v) is 4.24. The van der Waals surface area contributed by atoms with Gasteiger partial charge in [-0.3, -0.25) is 9.59 Å². The highest BCUT2D eigenvalue weighted by Gasteiger charge is 2.35. The third-order valence-electron chi connectivity index (χ3n) is 3.92. The Morgan fingerprint density at radius 3 is 2.92 bits per heavy atom. The summed E-state index contributed by atoms with van der Waals surface area (Å²) in [6.07, 6.45) is 1.84. The lowest BCUT2D eigenvalue weighted by atomic mass is 10.1. The Morgan fingerprint density at radius 1 is 1.38 bits per heavy atom. The van der Waals surface area contributed by atoms with Crippen LogP contribution in [0.5, 0.6) is 0 Å². The van der Waals surface area contributed by atoms with E-state index in [9.17, 15) is 9.59 Å². The first-order valence-electron chi connectivity index (χ1n) is 7.65. The summed E-state index contributed by atoms with van der Waals surface area (Å²) in [6.45, 7) is 2.44. The van der Waals surface area contributed by atoms with Crippen LogP contribution in [0.4, 0.5) is 5.69 Å². The van der Waals surface area contributed by atoms with Gasteiger partial charge < -0.3 is 10.2 Å². The number of carbonyl (C=O) groups excluding carboxylic acids is 2. The molecule has 0 aliphatic carbocycles. The number of nitrogens with zero attached hydrogens (tertiary/aromatic N) is 3. The van der Waals surface area contributed by atoms with Gasteiger partial charge in [-0.25, -0.2) is 9.97 Å². The molecule has 124 valence electrons. The summed E-state index contributed by atoms with van der Waals surface area (Å²) in [5, 5.41) is 3.34. The first-order valence-corrected chi connectivity index (χ1v) is 8.03. The molecule has 2 heterocycles. The fourth-order valence-corrected chi connectivity index (χ4v) is 2.95. The van der Waals surface area contributed by atoms with Crippen molar-refractivity contribution in [2.75, 3.05) is 11.4 Å². The standard InChI is InChI=1S/C17H17ClN4O2/c1-11-19-7-6-13(21-11)9-20-17(24)12-8-16(23)22(10-12)15-5-3-2-4-14(15)18/h2-7,12H,8-10H2,1H3,(H,20,24). The van der Waals surface area contributed by atoms with Gasteiger partial charge in [-0.2, -0.15) is 0 Å². The average molecular weight is 345 g/mol. The maximum absolute atomic E-state index is 12.3. The van der Waals surface area contributed by atoms with Gasteiger partial charge in [-0.05, 0) is 25.1 Å². The number of nitrogens with one attached hydrogen (secondary N) is 1. The van der Waals surface area contributed by atoms with Crippen LogP contribution in [0.15, 0.2) is 36.5 Å². The van der Waals surface area contributed by atoms with Gasteiger partial charge in [0.25, 0.3) is 0 Å². The Bertz CT molecular complexity index is 781. The first-order chi connectivity index (χ1) is 11.5. The highest BCUT2D eigenvalue weighted by atomic mass is 35.5. The molecule has 24 heavy (non-hydrogen) atoms. The molecule has 0 radical (unpaired) electrons. The zero-order valence-corrected chi connectivity index (χ0v) is 14.0. The summed E-state index contributed by atoms with van der Waals surface area (Å²) in [7, 11) is 0. The number of aryl methyl sites for hydroxylation is 1. The maximum atomic E-state index is 12.3. The second-order valence-electron chi connectivity index (χ2n) is 5.67. The Kier molecular flexibility index (Phi) is 4.76. The van der Waals surface area contributed by atoms with Gasteiger partial charge >= 0.3 is 0 Å². The summed E-state index contributed by atoms with van der Waals surface area (Å²) in [4.78, 5) is 34.4. The summed E-state index contributed by atoms with van der Waals surface area (Å²) in [5.41, 5.74) is 1.38. The summed E-state index contributed by atoms with van der Waals surface area (Å²) in [5.74, 6) is 0.00898. The molecule has 2 aromatic rings. The molecule has 1 N–H and O–H groups in total. The monoisotopic (exact) mass is 344 g/mol. The van der Waals surface area contributed by atoms with Crippen LogP contribution in [-0.4, -0.2) is 28.3 Å². The number of benzene rings is 1. The lowest BCUT2D eigenvalue weighted by Crippen LogP contribution is -2.33. The van der Waals surface area contributed by atoms with Crippen molar-refractivity contribution in [2.24, 2.45) is 5.92 Å². The zero-order chi connectivity index (χ0) is 17.1. The minimum Gasteiger partial charge on any atom is -0.350 e. The second-order valence-corrected chi connectivity index (χ2v) is 6.08. The number of halogens is 1. The SMILES string of the molecule is Cc1nccc(CNC(=O)C2CC(=O)N(c3ccccc3Cl)C2)n1. The van der Waals surface area contributed by atoms with Crippen LogP contribution >= 0.6 is 11.6 Å². The first kappa shape index (κ1) is 16.4. The largest absolute Gasteiger partial charge is 0.350 e. The van der Waals surface area contributed by atoms with Crippen molar-refractivity contribution in [1.82, 2.24) is 15.3 Å². The van der Waals surface area contributed by atoms with Gasteiger partial charge in [-0.15, -0.1) is 0 Å². The van der Waals surface area contributed by atoms with Crippen molar-refractivity contribution in [1.29, 1.82) is 0 Å². The molecule has 1 atom stereocenters.